The van der Waals surface area contributed by atoms with E-state index in [2.05, 4.69) is 15.9 Å². The van der Waals surface area contributed by atoms with Crippen LogP contribution in [0, 0.1) is 20.2 Å². The Labute approximate surface area is 119 Å². The summed E-state index contributed by atoms with van der Waals surface area (Å²) >= 11 is 4.76. The number of benzene rings is 1. The summed E-state index contributed by atoms with van der Waals surface area (Å²) in [5, 5.41) is 21.9. The molecule has 1 heterocycles. The highest BCUT2D eigenvalue weighted by atomic mass is 79.9. The molecule has 1 aromatic heterocycles. The molecule has 6 nitrogen and oxygen atoms in total. The zero-order valence-corrected chi connectivity index (χ0v) is 11.7. The highest BCUT2D eigenvalue weighted by Crippen LogP contribution is 2.49. The van der Waals surface area contributed by atoms with E-state index in [1.54, 1.807) is 0 Å². The quantitative estimate of drug-likeness (QED) is 0.522. The molecule has 0 amide bonds. The summed E-state index contributed by atoms with van der Waals surface area (Å²) in [6, 6.07) is 4.35. The van der Waals surface area contributed by atoms with E-state index in [0.717, 1.165) is 20.3 Å². The second-order valence-electron chi connectivity index (χ2n) is 4.09. The van der Waals surface area contributed by atoms with Gasteiger partial charge in [-0.2, -0.15) is 0 Å². The molecule has 0 fully saturated rings. The maximum atomic E-state index is 11.1. The number of nitrogens with zero attached hydrogens (tertiary/aromatic N) is 2. The van der Waals surface area contributed by atoms with Crippen molar-refractivity contribution < 1.29 is 9.85 Å². The Bertz CT molecular complexity index is 741. The van der Waals surface area contributed by atoms with Gasteiger partial charge in [0.25, 0.3) is 11.4 Å². The number of thiophene rings is 1. The van der Waals surface area contributed by atoms with Crippen LogP contribution in [0.4, 0.5) is 11.4 Å². The van der Waals surface area contributed by atoms with Gasteiger partial charge in [0.05, 0.1) is 25.3 Å². The van der Waals surface area contributed by atoms with Gasteiger partial charge in [-0.3, -0.25) is 20.2 Å². The average molecular weight is 341 g/mol. The molecule has 0 atom stereocenters. The molecule has 1 aliphatic carbocycles. The second kappa shape index (κ2) is 4.10. The minimum absolute atomic E-state index is 0.197. The zero-order valence-electron chi connectivity index (χ0n) is 9.25. The minimum Gasteiger partial charge on any atom is -0.258 e. The maximum absolute atomic E-state index is 11.1. The van der Waals surface area contributed by atoms with Crippen LogP contribution in [0.1, 0.15) is 11.1 Å². The highest BCUT2D eigenvalue weighted by molar-refractivity contribution is 9.11. The van der Waals surface area contributed by atoms with Crippen LogP contribution in [0.5, 0.6) is 0 Å². The van der Waals surface area contributed by atoms with Gasteiger partial charge in [0, 0.05) is 17.4 Å². The normalized spacial score (nSPS) is 12.1. The van der Waals surface area contributed by atoms with Crippen molar-refractivity contribution in [1.82, 2.24) is 0 Å². The van der Waals surface area contributed by atoms with Crippen molar-refractivity contribution in [2.45, 2.75) is 6.42 Å². The van der Waals surface area contributed by atoms with Crippen LogP contribution in [0.25, 0.3) is 10.4 Å². The van der Waals surface area contributed by atoms with E-state index in [4.69, 9.17) is 0 Å². The molecule has 1 aromatic carbocycles. The van der Waals surface area contributed by atoms with Crippen molar-refractivity contribution in [2.75, 3.05) is 0 Å². The van der Waals surface area contributed by atoms with Crippen LogP contribution in [-0.4, -0.2) is 9.85 Å². The minimum atomic E-state index is -0.602. The van der Waals surface area contributed by atoms with Gasteiger partial charge in [-0.05, 0) is 33.1 Å². The van der Waals surface area contributed by atoms with E-state index < -0.39 is 9.85 Å². The smallest absolute Gasteiger partial charge is 0.258 e. The Kier molecular flexibility index (Phi) is 2.64. The van der Waals surface area contributed by atoms with Gasteiger partial charge in [-0.15, -0.1) is 11.3 Å². The molecule has 0 spiro atoms. The van der Waals surface area contributed by atoms with E-state index in [9.17, 15) is 20.2 Å². The summed E-state index contributed by atoms with van der Waals surface area (Å²) in [5.41, 5.74) is 1.70. The molecule has 0 bridgehead atoms. The molecule has 19 heavy (non-hydrogen) atoms. The SMILES string of the molecule is O=[N+]([O-])c1cc2c(c([N+](=O)[O-])c1)-c1sc(Br)cc1C2. The third kappa shape index (κ3) is 1.83. The molecule has 0 unspecified atom stereocenters. The molecule has 8 heteroatoms. The number of nitro groups is 2. The highest BCUT2D eigenvalue weighted by Gasteiger charge is 2.32. The zero-order chi connectivity index (χ0) is 13.7. The van der Waals surface area contributed by atoms with E-state index >= 15 is 0 Å². The predicted molar refractivity (Wildman–Crippen MR) is 73.6 cm³/mol. The molecule has 0 saturated heterocycles. The van der Waals surface area contributed by atoms with Crippen molar-refractivity contribution in [3.05, 3.63) is 53.3 Å². The fourth-order valence-corrected chi connectivity index (χ4v) is 4.02. The van der Waals surface area contributed by atoms with Crippen LogP contribution in [-0.2, 0) is 6.42 Å². The maximum Gasteiger partial charge on any atom is 0.285 e. The number of nitro benzene ring substituents is 2. The van der Waals surface area contributed by atoms with Gasteiger partial charge in [-0.25, -0.2) is 0 Å². The summed E-state index contributed by atoms with van der Waals surface area (Å²) in [6.07, 6.45) is 0.495. The van der Waals surface area contributed by atoms with Gasteiger partial charge in [0.15, 0.2) is 0 Å². The van der Waals surface area contributed by atoms with Crippen molar-refractivity contribution in [1.29, 1.82) is 0 Å². The molecule has 0 radical (unpaired) electrons. The van der Waals surface area contributed by atoms with E-state index in [0.29, 0.717) is 17.5 Å². The number of fused-ring (bicyclic) bond motifs is 3. The molecule has 0 aliphatic heterocycles. The molecule has 96 valence electrons. The first-order chi connectivity index (χ1) is 8.97. The predicted octanol–water partition coefficient (Wildman–Crippen LogP) is 3.90. The van der Waals surface area contributed by atoms with Crippen LogP contribution in [0.15, 0.2) is 22.0 Å². The first-order valence-electron chi connectivity index (χ1n) is 5.21. The van der Waals surface area contributed by atoms with Gasteiger partial charge in [0.1, 0.15) is 0 Å². The van der Waals surface area contributed by atoms with E-state index in [1.165, 1.54) is 17.4 Å². The lowest BCUT2D eigenvalue weighted by Gasteiger charge is -2.01. The fourth-order valence-electron chi connectivity index (χ4n) is 2.26. The molecule has 0 N–H and O–H groups in total. The Hall–Kier alpha value is -1.80. The van der Waals surface area contributed by atoms with Gasteiger partial charge < -0.3 is 0 Å². The van der Waals surface area contributed by atoms with Crippen molar-refractivity contribution in [3.63, 3.8) is 0 Å². The van der Waals surface area contributed by atoms with Gasteiger partial charge >= 0.3 is 0 Å². The molecular formula is C11H5BrN2O4S. The standard InChI is InChI=1S/C11H5BrN2O4S/c12-9-3-6-1-5-2-7(13(15)16)4-8(14(17)18)10(5)11(6)19-9/h2-4H,1H2. The summed E-state index contributed by atoms with van der Waals surface area (Å²) in [7, 11) is 0. The molecule has 3 rings (SSSR count). The average Bonchev–Trinajstić information content (AvgIpc) is 2.82. The summed E-state index contributed by atoms with van der Waals surface area (Å²) in [5.74, 6) is 0. The van der Waals surface area contributed by atoms with E-state index in [-0.39, 0.29) is 11.4 Å². The number of non-ortho nitro benzene ring substituents is 1. The van der Waals surface area contributed by atoms with Crippen molar-refractivity contribution in [3.8, 4) is 10.4 Å². The summed E-state index contributed by atoms with van der Waals surface area (Å²) < 4.78 is 0.899. The molecule has 1 aliphatic rings. The van der Waals surface area contributed by atoms with Gasteiger partial charge in [-0.1, -0.05) is 0 Å². The number of halogens is 1. The van der Waals surface area contributed by atoms with Crippen LogP contribution < -0.4 is 0 Å². The van der Waals surface area contributed by atoms with Gasteiger partial charge in [0.2, 0.25) is 0 Å². The largest absolute Gasteiger partial charge is 0.285 e. The monoisotopic (exact) mass is 340 g/mol. The lowest BCUT2D eigenvalue weighted by molar-refractivity contribution is -0.393. The van der Waals surface area contributed by atoms with E-state index in [1.807, 2.05) is 6.07 Å². The lowest BCUT2D eigenvalue weighted by Crippen LogP contribution is -1.96. The first kappa shape index (κ1) is 12.2. The number of rotatable bonds is 2. The molecule has 0 saturated carbocycles. The Morgan fingerprint density at radius 1 is 1.11 bits per heavy atom. The lowest BCUT2D eigenvalue weighted by atomic mass is 10.1. The Morgan fingerprint density at radius 3 is 2.47 bits per heavy atom. The van der Waals surface area contributed by atoms with Crippen LogP contribution in [0.2, 0.25) is 0 Å². The van der Waals surface area contributed by atoms with Crippen molar-refractivity contribution in [2.24, 2.45) is 0 Å². The van der Waals surface area contributed by atoms with Crippen LogP contribution in [0.3, 0.4) is 0 Å². The first-order valence-corrected chi connectivity index (χ1v) is 6.82. The third-order valence-electron chi connectivity index (χ3n) is 2.98. The van der Waals surface area contributed by atoms with Crippen molar-refractivity contribution >= 4 is 38.6 Å². The van der Waals surface area contributed by atoms with Crippen LogP contribution >= 0.6 is 27.3 Å². The Morgan fingerprint density at radius 2 is 1.84 bits per heavy atom. The molecule has 2 aromatic rings. The summed E-state index contributed by atoms with van der Waals surface area (Å²) in [6.45, 7) is 0. The molecular weight excluding hydrogens is 336 g/mol. The number of hydrogen-bond acceptors (Lipinski definition) is 5. The third-order valence-corrected chi connectivity index (χ3v) is 4.68. The number of hydrogen-bond donors (Lipinski definition) is 0. The Balaban J connectivity index is 2.30. The second-order valence-corrected chi connectivity index (χ2v) is 6.53. The topological polar surface area (TPSA) is 86.3 Å². The summed E-state index contributed by atoms with van der Waals surface area (Å²) in [4.78, 5) is 21.6. The fraction of sp³-hybridized carbons (Fsp3) is 0.0909.